The number of sulfonamides is 1. The van der Waals surface area contributed by atoms with Crippen molar-refractivity contribution in [2.75, 3.05) is 42.3 Å². The first-order valence-electron chi connectivity index (χ1n) is 12.9. The first kappa shape index (κ1) is 25.3. The van der Waals surface area contributed by atoms with Crippen LogP contribution in [-0.4, -0.2) is 62.0 Å². The monoisotopic (exact) mass is 560 g/mol. The van der Waals surface area contributed by atoms with Gasteiger partial charge in [-0.25, -0.2) is 23.2 Å². The summed E-state index contributed by atoms with van der Waals surface area (Å²) in [5, 5.41) is 6.01. The van der Waals surface area contributed by atoms with Crippen LogP contribution in [0.5, 0.6) is 0 Å². The van der Waals surface area contributed by atoms with Crippen LogP contribution in [0.1, 0.15) is 12.0 Å². The number of hydrogen-bond acceptors (Lipinski definition) is 7. The van der Waals surface area contributed by atoms with Crippen LogP contribution >= 0.6 is 11.3 Å². The number of carbonyl (C=O) groups excluding carboxylic acids is 1. The van der Waals surface area contributed by atoms with Crippen LogP contribution in [0, 0.1) is 0 Å². The molecule has 2 aliphatic rings. The van der Waals surface area contributed by atoms with E-state index in [2.05, 4.69) is 15.6 Å². The lowest BCUT2D eigenvalue weighted by molar-refractivity contribution is 0.219. The molecule has 9 nitrogen and oxygen atoms in total. The van der Waals surface area contributed by atoms with E-state index >= 15 is 0 Å². The number of aromatic nitrogens is 2. The van der Waals surface area contributed by atoms with E-state index in [1.54, 1.807) is 17.2 Å². The SMILES string of the molecule is O=C1NCCN1CCNc1ncc(-c2ccccc2)c(-c2ccc(S(=O)(=O)N3CCCc4ccccc43)s2)n1. The maximum atomic E-state index is 13.8. The van der Waals surface area contributed by atoms with Gasteiger partial charge in [-0.15, -0.1) is 11.3 Å². The Morgan fingerprint density at radius 2 is 1.82 bits per heavy atom. The number of hydrogen-bond donors (Lipinski definition) is 2. The Morgan fingerprint density at radius 1 is 1.00 bits per heavy atom. The zero-order valence-electron chi connectivity index (χ0n) is 21.2. The molecule has 39 heavy (non-hydrogen) atoms. The number of nitrogens with zero attached hydrogens (tertiary/aromatic N) is 4. The van der Waals surface area contributed by atoms with Gasteiger partial charge in [-0.1, -0.05) is 48.5 Å². The lowest BCUT2D eigenvalue weighted by atomic mass is 10.0. The Kier molecular flexibility index (Phi) is 6.92. The van der Waals surface area contributed by atoms with Gasteiger partial charge in [-0.2, -0.15) is 0 Å². The number of anilines is 2. The molecule has 0 aliphatic carbocycles. The highest BCUT2D eigenvalue weighted by atomic mass is 32.2. The van der Waals surface area contributed by atoms with Gasteiger partial charge in [0.05, 0.1) is 16.3 Å². The first-order valence-corrected chi connectivity index (χ1v) is 15.2. The number of amides is 2. The molecule has 2 amide bonds. The minimum absolute atomic E-state index is 0.0681. The molecule has 0 radical (unpaired) electrons. The third-order valence-corrected chi connectivity index (χ3v) is 10.3. The predicted molar refractivity (Wildman–Crippen MR) is 154 cm³/mol. The number of benzene rings is 2. The van der Waals surface area contributed by atoms with Crippen molar-refractivity contribution in [1.29, 1.82) is 0 Å². The molecule has 2 aromatic heterocycles. The fourth-order valence-corrected chi connectivity index (χ4v) is 7.92. The third-order valence-electron chi connectivity index (χ3n) is 6.91. The summed E-state index contributed by atoms with van der Waals surface area (Å²) in [7, 11) is -3.73. The second kappa shape index (κ2) is 10.7. The number of para-hydroxylation sites is 1. The van der Waals surface area contributed by atoms with Crippen molar-refractivity contribution in [3.63, 3.8) is 0 Å². The van der Waals surface area contributed by atoms with Gasteiger partial charge >= 0.3 is 6.03 Å². The summed E-state index contributed by atoms with van der Waals surface area (Å²) in [6, 6.07) is 20.9. The number of urea groups is 1. The minimum Gasteiger partial charge on any atom is -0.352 e. The highest BCUT2D eigenvalue weighted by Crippen LogP contribution is 2.39. The molecule has 6 rings (SSSR count). The molecule has 0 spiro atoms. The molecule has 1 saturated heterocycles. The Labute approximate surface area is 231 Å². The summed E-state index contributed by atoms with van der Waals surface area (Å²) in [4.78, 5) is 23.6. The largest absolute Gasteiger partial charge is 0.352 e. The summed E-state index contributed by atoms with van der Waals surface area (Å²) in [5.74, 6) is 0.423. The molecule has 0 saturated carbocycles. The molecule has 2 aliphatic heterocycles. The number of rotatable bonds is 8. The molecule has 0 bridgehead atoms. The van der Waals surface area contributed by atoms with E-state index in [0.717, 1.165) is 40.1 Å². The van der Waals surface area contributed by atoms with Crippen LogP contribution < -0.4 is 14.9 Å². The number of aryl methyl sites for hydroxylation is 1. The first-order chi connectivity index (χ1) is 19.0. The highest BCUT2D eigenvalue weighted by Gasteiger charge is 2.30. The fourth-order valence-electron chi connectivity index (χ4n) is 4.95. The average Bonchev–Trinajstić information content (AvgIpc) is 3.63. The van der Waals surface area contributed by atoms with E-state index in [0.29, 0.717) is 44.4 Å². The summed E-state index contributed by atoms with van der Waals surface area (Å²) in [6.45, 7) is 2.81. The Bertz CT molecular complexity index is 1610. The lowest BCUT2D eigenvalue weighted by Crippen LogP contribution is -2.35. The smallest absolute Gasteiger partial charge is 0.317 e. The second-order valence-electron chi connectivity index (χ2n) is 9.40. The van der Waals surface area contributed by atoms with Crippen molar-refractivity contribution >= 4 is 39.0 Å². The second-order valence-corrected chi connectivity index (χ2v) is 12.6. The van der Waals surface area contributed by atoms with Crippen LogP contribution in [0.15, 0.2) is 77.1 Å². The Hall–Kier alpha value is -3.96. The summed E-state index contributed by atoms with van der Waals surface area (Å²) in [5.41, 5.74) is 4.21. The van der Waals surface area contributed by atoms with E-state index in [4.69, 9.17) is 4.98 Å². The van der Waals surface area contributed by atoms with Crippen molar-refractivity contribution in [1.82, 2.24) is 20.2 Å². The zero-order chi connectivity index (χ0) is 26.8. The van der Waals surface area contributed by atoms with E-state index in [-0.39, 0.29) is 10.2 Å². The van der Waals surface area contributed by atoms with Crippen LogP contribution in [0.25, 0.3) is 21.7 Å². The van der Waals surface area contributed by atoms with E-state index in [1.807, 2.05) is 60.7 Å². The van der Waals surface area contributed by atoms with E-state index < -0.39 is 10.0 Å². The van der Waals surface area contributed by atoms with Crippen molar-refractivity contribution in [3.05, 3.63) is 78.5 Å². The van der Waals surface area contributed by atoms with Gasteiger partial charge in [0.25, 0.3) is 10.0 Å². The normalized spacial score (nSPS) is 15.2. The lowest BCUT2D eigenvalue weighted by Gasteiger charge is -2.29. The summed E-state index contributed by atoms with van der Waals surface area (Å²) in [6.07, 6.45) is 3.42. The summed E-state index contributed by atoms with van der Waals surface area (Å²) < 4.78 is 29.3. The van der Waals surface area contributed by atoms with Crippen molar-refractivity contribution in [3.8, 4) is 21.7 Å². The van der Waals surface area contributed by atoms with Crippen LogP contribution in [0.4, 0.5) is 16.4 Å². The van der Waals surface area contributed by atoms with Gasteiger partial charge in [0.1, 0.15) is 4.21 Å². The van der Waals surface area contributed by atoms with Gasteiger partial charge < -0.3 is 15.5 Å². The average molecular weight is 561 g/mol. The zero-order valence-corrected chi connectivity index (χ0v) is 22.8. The third kappa shape index (κ3) is 5.07. The molecule has 0 unspecified atom stereocenters. The highest BCUT2D eigenvalue weighted by molar-refractivity contribution is 7.94. The summed E-state index contributed by atoms with van der Waals surface area (Å²) >= 11 is 1.21. The van der Waals surface area contributed by atoms with Gasteiger partial charge in [-0.05, 0) is 42.2 Å². The molecule has 2 aromatic carbocycles. The molecule has 200 valence electrons. The maximum absolute atomic E-state index is 13.8. The number of fused-ring (bicyclic) bond motifs is 1. The Morgan fingerprint density at radius 3 is 2.64 bits per heavy atom. The number of nitrogens with one attached hydrogen (secondary N) is 2. The molecule has 1 fully saturated rings. The van der Waals surface area contributed by atoms with Gasteiger partial charge in [-0.3, -0.25) is 4.31 Å². The van der Waals surface area contributed by atoms with Crippen molar-refractivity contribution < 1.29 is 13.2 Å². The van der Waals surface area contributed by atoms with Crippen LogP contribution in [0.2, 0.25) is 0 Å². The topological polar surface area (TPSA) is 108 Å². The van der Waals surface area contributed by atoms with Crippen LogP contribution in [0.3, 0.4) is 0 Å². The molecule has 11 heteroatoms. The van der Waals surface area contributed by atoms with Crippen molar-refractivity contribution in [2.24, 2.45) is 0 Å². The van der Waals surface area contributed by atoms with Gasteiger partial charge in [0, 0.05) is 44.5 Å². The quantitative estimate of drug-likeness (QED) is 0.330. The Balaban J connectivity index is 1.32. The van der Waals surface area contributed by atoms with Gasteiger partial charge in [0.2, 0.25) is 5.95 Å². The number of thiophene rings is 1. The van der Waals surface area contributed by atoms with Crippen molar-refractivity contribution in [2.45, 2.75) is 17.1 Å². The predicted octanol–water partition coefficient (Wildman–Crippen LogP) is 4.45. The molecular weight excluding hydrogens is 532 g/mol. The molecular formula is C28H28N6O3S2. The van der Waals surface area contributed by atoms with E-state index in [1.165, 1.54) is 15.6 Å². The standard InChI is InChI=1S/C28H28N6O3S2/c35-28-30-15-18-33(28)17-14-29-27-31-19-22(20-7-2-1-3-8-20)26(32-27)24-12-13-25(38-24)39(36,37)34-16-6-10-21-9-4-5-11-23(21)34/h1-5,7-9,11-13,19H,6,10,14-18H2,(H,30,35)(H,29,31,32). The molecule has 0 atom stereocenters. The fraction of sp³-hybridized carbons (Fsp3) is 0.250. The minimum atomic E-state index is -3.73. The maximum Gasteiger partial charge on any atom is 0.317 e. The van der Waals surface area contributed by atoms with Gasteiger partial charge in [0.15, 0.2) is 0 Å². The molecule has 4 heterocycles. The molecule has 2 N–H and O–H groups in total. The van der Waals surface area contributed by atoms with Crippen LogP contribution in [-0.2, 0) is 16.4 Å². The molecule has 4 aromatic rings. The van der Waals surface area contributed by atoms with E-state index in [9.17, 15) is 13.2 Å². The number of carbonyl (C=O) groups is 1.